The van der Waals surface area contributed by atoms with Gasteiger partial charge in [-0.25, -0.2) is 0 Å². The van der Waals surface area contributed by atoms with E-state index < -0.39 is 23.5 Å². The zero-order chi connectivity index (χ0) is 17.0. The first-order valence-corrected chi connectivity index (χ1v) is 7.30. The van der Waals surface area contributed by atoms with Crippen molar-refractivity contribution >= 4 is 23.6 Å². The molecule has 0 fully saturated rings. The van der Waals surface area contributed by atoms with Gasteiger partial charge in [-0.3, -0.25) is 14.4 Å². The Labute approximate surface area is 134 Å². The van der Waals surface area contributed by atoms with Crippen molar-refractivity contribution < 1.29 is 23.9 Å². The van der Waals surface area contributed by atoms with Gasteiger partial charge in [-0.15, -0.1) is 0 Å². The van der Waals surface area contributed by atoms with E-state index in [1.54, 1.807) is 12.1 Å². The van der Waals surface area contributed by atoms with Gasteiger partial charge in [0.15, 0.2) is 17.5 Å². The fourth-order valence-corrected chi connectivity index (χ4v) is 2.15. The molecule has 0 N–H and O–H groups in total. The van der Waals surface area contributed by atoms with Gasteiger partial charge in [0.25, 0.3) is 0 Å². The van der Waals surface area contributed by atoms with Crippen LogP contribution in [0.2, 0.25) is 0 Å². The maximum absolute atomic E-state index is 12.2. The van der Waals surface area contributed by atoms with Crippen LogP contribution in [0.3, 0.4) is 0 Å². The summed E-state index contributed by atoms with van der Waals surface area (Å²) >= 11 is 0. The number of hydrogen-bond acceptors (Lipinski definition) is 5. The predicted octanol–water partition coefficient (Wildman–Crippen LogP) is 2.70. The summed E-state index contributed by atoms with van der Waals surface area (Å²) in [6.45, 7) is 5.29. The largest absolute Gasteiger partial charge is 0.490 e. The van der Waals surface area contributed by atoms with Crippen LogP contribution in [-0.2, 0) is 19.1 Å². The molecule has 0 amide bonds. The van der Waals surface area contributed by atoms with Crippen molar-refractivity contribution in [1.29, 1.82) is 0 Å². The molecular formula is C18H18O5. The number of ketones is 2. The first kappa shape index (κ1) is 16.7. The van der Waals surface area contributed by atoms with E-state index in [0.29, 0.717) is 11.3 Å². The van der Waals surface area contributed by atoms with Crippen LogP contribution in [0.25, 0.3) is 6.08 Å². The Morgan fingerprint density at radius 3 is 2.61 bits per heavy atom. The molecule has 1 aromatic carbocycles. The monoisotopic (exact) mass is 314 g/mol. The topological polar surface area (TPSA) is 69.7 Å². The van der Waals surface area contributed by atoms with E-state index in [-0.39, 0.29) is 11.9 Å². The lowest BCUT2D eigenvalue weighted by Gasteiger charge is -2.16. The molecule has 1 heterocycles. The molecule has 0 bridgehead atoms. The third-order valence-electron chi connectivity index (χ3n) is 3.12. The van der Waals surface area contributed by atoms with E-state index in [9.17, 15) is 14.4 Å². The van der Waals surface area contributed by atoms with Crippen LogP contribution in [-0.4, -0.2) is 23.6 Å². The fourth-order valence-electron chi connectivity index (χ4n) is 2.15. The molecule has 0 saturated heterocycles. The second-order valence-corrected chi connectivity index (χ2v) is 5.45. The summed E-state index contributed by atoms with van der Waals surface area (Å²) in [6.07, 6.45) is 3.89. The van der Waals surface area contributed by atoms with E-state index in [4.69, 9.17) is 9.47 Å². The number of para-hydroxylation sites is 1. The number of carbonyl (C=O) groups is 3. The Hall–Kier alpha value is -2.69. The van der Waals surface area contributed by atoms with Gasteiger partial charge in [-0.2, -0.15) is 0 Å². The van der Waals surface area contributed by atoms with E-state index in [0.717, 1.165) is 6.08 Å². The molecule has 5 nitrogen and oxygen atoms in total. The van der Waals surface area contributed by atoms with Crippen molar-refractivity contribution in [3.8, 4) is 5.75 Å². The summed E-state index contributed by atoms with van der Waals surface area (Å²) in [7, 11) is 0. The van der Waals surface area contributed by atoms with E-state index in [1.165, 1.54) is 19.1 Å². The van der Waals surface area contributed by atoms with Crippen molar-refractivity contribution in [3.63, 3.8) is 0 Å². The number of carbonyl (C=O) groups excluding carboxylic acids is 3. The molecule has 0 saturated carbocycles. The van der Waals surface area contributed by atoms with Gasteiger partial charge in [0, 0.05) is 11.6 Å². The first-order valence-electron chi connectivity index (χ1n) is 7.30. The van der Waals surface area contributed by atoms with E-state index in [2.05, 4.69) is 0 Å². The normalized spacial score (nSPS) is 18.1. The maximum atomic E-state index is 12.2. The van der Waals surface area contributed by atoms with Crippen LogP contribution in [0.15, 0.2) is 42.2 Å². The molecule has 1 aliphatic heterocycles. The quantitative estimate of drug-likeness (QED) is 0.475. The number of ether oxygens (including phenoxy) is 2. The summed E-state index contributed by atoms with van der Waals surface area (Å²) in [4.78, 5) is 35.7. The number of esters is 1. The third kappa shape index (κ3) is 4.16. The van der Waals surface area contributed by atoms with Crippen LogP contribution in [0.4, 0.5) is 0 Å². The highest BCUT2D eigenvalue weighted by molar-refractivity contribution is 6.25. The molecule has 0 aromatic heterocycles. The Bertz CT molecular complexity index is 697. The summed E-state index contributed by atoms with van der Waals surface area (Å²) in [6, 6.07) is 7.21. The van der Waals surface area contributed by atoms with Gasteiger partial charge < -0.3 is 9.47 Å². The Balaban J connectivity index is 2.19. The van der Waals surface area contributed by atoms with Gasteiger partial charge in [0.2, 0.25) is 0 Å². The van der Waals surface area contributed by atoms with Crippen LogP contribution < -0.4 is 4.74 Å². The first-order chi connectivity index (χ1) is 10.9. The number of benzene rings is 1. The minimum absolute atomic E-state index is 0.0109. The molecular weight excluding hydrogens is 296 g/mol. The zero-order valence-electron chi connectivity index (χ0n) is 13.2. The van der Waals surface area contributed by atoms with Crippen LogP contribution in [0, 0.1) is 5.92 Å². The SMILES string of the molecule is CC1=CC(=O)[C@@H](C(=O)/C=C/c2ccccc2OC(C)C)C(=O)O1. The second kappa shape index (κ2) is 7.05. The molecule has 120 valence electrons. The van der Waals surface area contributed by atoms with Gasteiger partial charge in [0.1, 0.15) is 11.5 Å². The molecule has 1 aliphatic rings. The summed E-state index contributed by atoms with van der Waals surface area (Å²) in [5, 5.41) is 0. The molecule has 0 unspecified atom stereocenters. The van der Waals surface area contributed by atoms with Gasteiger partial charge >= 0.3 is 5.97 Å². The second-order valence-electron chi connectivity index (χ2n) is 5.45. The smallest absolute Gasteiger partial charge is 0.329 e. The molecule has 0 aliphatic carbocycles. The molecule has 0 spiro atoms. The Morgan fingerprint density at radius 2 is 1.96 bits per heavy atom. The third-order valence-corrected chi connectivity index (χ3v) is 3.12. The van der Waals surface area contributed by atoms with Crippen molar-refractivity contribution in [3.05, 3.63) is 47.7 Å². The summed E-state index contributed by atoms with van der Waals surface area (Å²) in [5.41, 5.74) is 0.692. The molecule has 1 atom stereocenters. The molecule has 1 aromatic rings. The number of allylic oxidation sites excluding steroid dienone is 3. The predicted molar refractivity (Wildman–Crippen MR) is 84.6 cm³/mol. The average molecular weight is 314 g/mol. The highest BCUT2D eigenvalue weighted by Gasteiger charge is 2.36. The lowest BCUT2D eigenvalue weighted by Crippen LogP contribution is -2.34. The van der Waals surface area contributed by atoms with Gasteiger partial charge in [-0.1, -0.05) is 18.2 Å². The summed E-state index contributed by atoms with van der Waals surface area (Å²) in [5.74, 6) is -2.60. The molecule has 5 heteroatoms. The van der Waals surface area contributed by atoms with E-state index >= 15 is 0 Å². The van der Waals surface area contributed by atoms with Crippen molar-refractivity contribution in [1.82, 2.24) is 0 Å². The lowest BCUT2D eigenvalue weighted by atomic mass is 9.96. The highest BCUT2D eigenvalue weighted by atomic mass is 16.5. The Morgan fingerprint density at radius 1 is 1.26 bits per heavy atom. The fraction of sp³-hybridized carbons (Fsp3) is 0.278. The van der Waals surface area contributed by atoms with Gasteiger partial charge in [0.05, 0.1) is 6.10 Å². The Kier molecular flexibility index (Phi) is 5.11. The van der Waals surface area contributed by atoms with Crippen LogP contribution in [0.1, 0.15) is 26.3 Å². The number of rotatable bonds is 5. The van der Waals surface area contributed by atoms with Crippen LogP contribution in [0.5, 0.6) is 5.75 Å². The van der Waals surface area contributed by atoms with Crippen molar-refractivity contribution in [2.24, 2.45) is 5.92 Å². The number of cyclic esters (lactones) is 1. The zero-order valence-corrected chi connectivity index (χ0v) is 13.2. The molecule has 0 radical (unpaired) electrons. The highest BCUT2D eigenvalue weighted by Crippen LogP contribution is 2.22. The minimum atomic E-state index is -1.42. The van der Waals surface area contributed by atoms with Gasteiger partial charge in [-0.05, 0) is 39.0 Å². The standard InChI is InChI=1S/C18H18O5/c1-11(2)22-16-7-5-4-6-13(16)8-9-14(19)17-15(20)10-12(3)23-18(17)21/h4-11,17H,1-3H3/b9-8+/t17-/m1/s1. The summed E-state index contributed by atoms with van der Waals surface area (Å²) < 4.78 is 10.5. The molecule has 2 rings (SSSR count). The lowest BCUT2D eigenvalue weighted by molar-refractivity contribution is -0.151. The van der Waals surface area contributed by atoms with E-state index in [1.807, 2.05) is 26.0 Å². The van der Waals surface area contributed by atoms with Crippen molar-refractivity contribution in [2.75, 3.05) is 0 Å². The number of hydrogen-bond donors (Lipinski definition) is 0. The minimum Gasteiger partial charge on any atom is -0.490 e. The maximum Gasteiger partial charge on any atom is 0.329 e. The average Bonchev–Trinajstić information content (AvgIpc) is 2.44. The molecule has 23 heavy (non-hydrogen) atoms. The van der Waals surface area contributed by atoms with Crippen LogP contribution >= 0.6 is 0 Å². The van der Waals surface area contributed by atoms with Crippen molar-refractivity contribution in [2.45, 2.75) is 26.9 Å².